The van der Waals surface area contributed by atoms with Gasteiger partial charge in [-0.05, 0) is 5.56 Å². The van der Waals surface area contributed by atoms with E-state index in [1.807, 2.05) is 37.3 Å². The summed E-state index contributed by atoms with van der Waals surface area (Å²) >= 11 is 3.11. The molecule has 2 aromatic heterocycles. The van der Waals surface area contributed by atoms with Crippen molar-refractivity contribution in [2.45, 2.75) is 29.7 Å². The molecular weight excluding hydrogens is 354 g/mol. The molecule has 0 unspecified atom stereocenters. The van der Waals surface area contributed by atoms with Crippen LogP contribution in [0.4, 0.5) is 5.13 Å². The summed E-state index contributed by atoms with van der Waals surface area (Å²) in [6, 6.07) is 9.73. The van der Waals surface area contributed by atoms with Crippen molar-refractivity contribution < 1.29 is 9.21 Å². The molecule has 130 valence electrons. The molecule has 2 heterocycles. The number of carbonyl (C=O) groups excluding carboxylic acids is 1. The molecule has 1 amide bonds. The van der Waals surface area contributed by atoms with Crippen molar-refractivity contribution in [3.05, 3.63) is 59.9 Å². The highest BCUT2D eigenvalue weighted by atomic mass is 32.2. The Labute approximate surface area is 155 Å². The Kier molecular flexibility index (Phi) is 5.88. The van der Waals surface area contributed by atoms with Gasteiger partial charge in [0.15, 0.2) is 5.13 Å². The fourth-order valence-electron chi connectivity index (χ4n) is 2.18. The van der Waals surface area contributed by atoms with Crippen molar-refractivity contribution in [2.75, 3.05) is 11.9 Å². The van der Waals surface area contributed by atoms with Crippen molar-refractivity contribution in [2.24, 2.45) is 0 Å². The third-order valence-corrected chi connectivity index (χ3v) is 5.87. The molecular formula is C18H19N3O2S2. The molecule has 0 radical (unpaired) electrons. The first kappa shape index (κ1) is 17.7. The van der Waals surface area contributed by atoms with E-state index in [-0.39, 0.29) is 5.91 Å². The van der Waals surface area contributed by atoms with Gasteiger partial charge in [-0.3, -0.25) is 9.69 Å². The number of benzene rings is 1. The van der Waals surface area contributed by atoms with Crippen LogP contribution in [0.1, 0.15) is 24.1 Å². The highest BCUT2D eigenvalue weighted by Gasteiger charge is 2.15. The van der Waals surface area contributed by atoms with E-state index in [2.05, 4.69) is 9.97 Å². The van der Waals surface area contributed by atoms with Gasteiger partial charge in [0.25, 0.3) is 0 Å². The smallest absolute Gasteiger partial charge is 0.232 e. The first-order chi connectivity index (χ1) is 12.2. The lowest BCUT2D eigenvalue weighted by Crippen LogP contribution is -2.27. The minimum absolute atomic E-state index is 0.0254. The number of rotatable bonds is 7. The molecule has 0 fully saturated rings. The van der Waals surface area contributed by atoms with E-state index in [9.17, 15) is 4.79 Å². The monoisotopic (exact) mass is 373 g/mol. The lowest BCUT2D eigenvalue weighted by molar-refractivity contribution is -0.117. The van der Waals surface area contributed by atoms with Gasteiger partial charge in [0, 0.05) is 13.5 Å². The summed E-state index contributed by atoms with van der Waals surface area (Å²) in [5.41, 5.74) is 1.00. The number of thioether (sulfide) groups is 1. The molecule has 1 aromatic carbocycles. The number of likely N-dealkylation sites (N-methyl/N-ethyl adjacent to an activating group) is 1. The van der Waals surface area contributed by atoms with E-state index in [0.717, 1.165) is 22.0 Å². The molecule has 0 aliphatic heterocycles. The molecule has 0 aliphatic carbocycles. The molecule has 0 saturated heterocycles. The number of anilines is 1. The maximum atomic E-state index is 12.4. The summed E-state index contributed by atoms with van der Waals surface area (Å²) in [7, 11) is 1.76. The van der Waals surface area contributed by atoms with Crippen molar-refractivity contribution in [3.63, 3.8) is 0 Å². The number of hydrogen-bond donors (Lipinski definition) is 0. The van der Waals surface area contributed by atoms with E-state index in [0.29, 0.717) is 23.2 Å². The molecule has 0 bridgehead atoms. The van der Waals surface area contributed by atoms with Gasteiger partial charge in [0.2, 0.25) is 11.8 Å². The molecule has 5 nitrogen and oxygen atoms in total. The molecule has 25 heavy (non-hydrogen) atoms. The van der Waals surface area contributed by atoms with Gasteiger partial charge >= 0.3 is 0 Å². The van der Waals surface area contributed by atoms with Gasteiger partial charge in [0.1, 0.15) is 5.76 Å². The van der Waals surface area contributed by atoms with E-state index in [1.54, 1.807) is 36.1 Å². The van der Waals surface area contributed by atoms with Crippen LogP contribution in [0.3, 0.4) is 0 Å². The largest absolute Gasteiger partial charge is 0.445 e. The summed E-state index contributed by atoms with van der Waals surface area (Å²) in [6.07, 6.45) is 4.77. The van der Waals surface area contributed by atoms with Crippen LogP contribution >= 0.6 is 23.1 Å². The average molecular weight is 374 g/mol. The Hall–Kier alpha value is -2.12. The minimum atomic E-state index is 0.0254. The average Bonchev–Trinajstić information content (AvgIpc) is 3.29. The Bertz CT molecular complexity index is 830. The van der Waals surface area contributed by atoms with Gasteiger partial charge in [-0.25, -0.2) is 9.97 Å². The number of nitrogens with zero attached hydrogens (tertiary/aromatic N) is 3. The Morgan fingerprint density at radius 2 is 2.04 bits per heavy atom. The number of aromatic nitrogens is 2. The van der Waals surface area contributed by atoms with Crippen LogP contribution in [0.5, 0.6) is 0 Å². The molecule has 0 spiro atoms. The second-order valence-electron chi connectivity index (χ2n) is 5.44. The summed E-state index contributed by atoms with van der Waals surface area (Å²) in [5, 5.41) is 0.699. The first-order valence-electron chi connectivity index (χ1n) is 7.98. The van der Waals surface area contributed by atoms with Crippen LogP contribution in [-0.4, -0.2) is 22.9 Å². The van der Waals surface area contributed by atoms with Crippen LogP contribution in [0, 0.1) is 0 Å². The zero-order valence-electron chi connectivity index (χ0n) is 14.1. The number of amides is 1. The second kappa shape index (κ2) is 8.31. The number of hydrogen-bond acceptors (Lipinski definition) is 6. The Balaban J connectivity index is 1.57. The fraction of sp³-hybridized carbons (Fsp3) is 0.278. The fourth-order valence-corrected chi connectivity index (χ4v) is 3.97. The van der Waals surface area contributed by atoms with Crippen molar-refractivity contribution in [1.82, 2.24) is 9.97 Å². The van der Waals surface area contributed by atoms with Crippen LogP contribution in [-0.2, 0) is 23.4 Å². The Morgan fingerprint density at radius 1 is 1.24 bits per heavy atom. The van der Waals surface area contributed by atoms with Crippen LogP contribution in [0.2, 0.25) is 0 Å². The predicted octanol–water partition coefficient (Wildman–Crippen LogP) is 4.19. The molecule has 0 atom stereocenters. The number of aryl methyl sites for hydroxylation is 1. The molecule has 0 aliphatic rings. The maximum absolute atomic E-state index is 12.4. The minimum Gasteiger partial charge on any atom is -0.445 e. The zero-order chi connectivity index (χ0) is 17.6. The van der Waals surface area contributed by atoms with E-state index in [4.69, 9.17) is 4.42 Å². The molecule has 7 heteroatoms. The van der Waals surface area contributed by atoms with Crippen LogP contribution < -0.4 is 4.90 Å². The predicted molar refractivity (Wildman–Crippen MR) is 101 cm³/mol. The van der Waals surface area contributed by atoms with Gasteiger partial charge in [-0.2, -0.15) is 0 Å². The van der Waals surface area contributed by atoms with Gasteiger partial charge in [-0.15, -0.1) is 11.8 Å². The molecule has 3 rings (SSSR count). The van der Waals surface area contributed by atoms with Gasteiger partial charge in [-0.1, -0.05) is 48.6 Å². The third-order valence-electron chi connectivity index (χ3n) is 3.62. The molecule has 3 aromatic rings. The highest BCUT2D eigenvalue weighted by molar-refractivity contribution is 8.00. The molecule has 0 N–H and O–H groups in total. The summed E-state index contributed by atoms with van der Waals surface area (Å²) in [6.45, 7) is 2.04. The summed E-state index contributed by atoms with van der Waals surface area (Å²) < 4.78 is 6.63. The first-order valence-corrected chi connectivity index (χ1v) is 9.78. The lowest BCUT2D eigenvalue weighted by atomic mass is 10.1. The zero-order valence-corrected chi connectivity index (χ0v) is 15.8. The third kappa shape index (κ3) is 4.70. The number of oxazole rings is 1. The standard InChI is InChI=1S/C18H19N3O2S2/c1-3-14-10-19-15(23-14)12-24-17-11-20-18(25-17)21(2)16(22)9-13-7-5-4-6-8-13/h4-8,10-11H,3,9,12H2,1-2H3. The second-order valence-corrected chi connectivity index (χ2v) is 7.72. The van der Waals surface area contributed by atoms with Crippen molar-refractivity contribution in [1.29, 1.82) is 0 Å². The highest BCUT2D eigenvalue weighted by Crippen LogP contribution is 2.32. The van der Waals surface area contributed by atoms with Gasteiger partial charge in [0.05, 0.1) is 28.8 Å². The summed E-state index contributed by atoms with van der Waals surface area (Å²) in [5.74, 6) is 2.29. The van der Waals surface area contributed by atoms with Crippen LogP contribution in [0.15, 0.2) is 51.4 Å². The van der Waals surface area contributed by atoms with Crippen molar-refractivity contribution in [3.8, 4) is 0 Å². The Morgan fingerprint density at radius 3 is 2.76 bits per heavy atom. The topological polar surface area (TPSA) is 59.2 Å². The number of carbonyl (C=O) groups is 1. The SMILES string of the molecule is CCc1cnc(CSc2cnc(N(C)C(=O)Cc3ccccc3)s2)o1. The molecule has 0 saturated carbocycles. The normalized spacial score (nSPS) is 10.8. The van der Waals surface area contributed by atoms with E-state index in [1.165, 1.54) is 11.3 Å². The lowest BCUT2D eigenvalue weighted by Gasteiger charge is -2.13. The van der Waals surface area contributed by atoms with Crippen LogP contribution in [0.25, 0.3) is 0 Å². The van der Waals surface area contributed by atoms with Gasteiger partial charge < -0.3 is 4.42 Å². The summed E-state index contributed by atoms with van der Waals surface area (Å²) in [4.78, 5) is 22.6. The van der Waals surface area contributed by atoms with E-state index < -0.39 is 0 Å². The van der Waals surface area contributed by atoms with E-state index >= 15 is 0 Å². The maximum Gasteiger partial charge on any atom is 0.232 e. The quantitative estimate of drug-likeness (QED) is 0.581. The number of thiazole rings is 1. The van der Waals surface area contributed by atoms with Crippen molar-refractivity contribution >= 4 is 34.1 Å².